The number of rotatable bonds is 11. The van der Waals surface area contributed by atoms with E-state index in [1.54, 1.807) is 6.92 Å². The Morgan fingerprint density at radius 1 is 0.969 bits per heavy atom. The quantitative estimate of drug-likeness (QED) is 0.202. The first-order chi connectivity index (χ1) is 15.1. The van der Waals surface area contributed by atoms with E-state index in [1.165, 1.54) is 24.0 Å². The molecule has 180 valence electrons. The normalized spacial score (nSPS) is 9.47. The van der Waals surface area contributed by atoms with Crippen LogP contribution in [0.3, 0.4) is 0 Å². The van der Waals surface area contributed by atoms with Crippen molar-refractivity contribution in [2.24, 2.45) is 5.92 Å². The number of carbonyl (C=O) groups excluding carboxylic acids is 2. The van der Waals surface area contributed by atoms with Crippen molar-refractivity contribution in [2.45, 2.75) is 73.6 Å². The number of aryl methyl sites for hydroxylation is 1. The maximum atomic E-state index is 11.1. The van der Waals surface area contributed by atoms with Crippen molar-refractivity contribution < 1.29 is 19.1 Å². The van der Waals surface area contributed by atoms with Crippen LogP contribution < -0.4 is 0 Å². The Balaban J connectivity index is 0. The zero-order valence-corrected chi connectivity index (χ0v) is 21.2. The molecular weight excluding hydrogens is 400 g/mol. The summed E-state index contributed by atoms with van der Waals surface area (Å²) < 4.78 is 9.83. The summed E-state index contributed by atoms with van der Waals surface area (Å²) in [5, 5.41) is 0. The molecule has 0 aromatic heterocycles. The molecule has 0 spiro atoms. The Morgan fingerprint density at radius 3 is 2.00 bits per heavy atom. The average Bonchev–Trinajstić information content (AvgIpc) is 2.77. The lowest BCUT2D eigenvalue weighted by Gasteiger charge is -2.05. The summed E-state index contributed by atoms with van der Waals surface area (Å²) in [6.07, 6.45) is 7.05. The fraction of sp³-hybridized carbons (Fsp3) is 0.500. The van der Waals surface area contributed by atoms with Gasteiger partial charge in [0.2, 0.25) is 0 Å². The van der Waals surface area contributed by atoms with E-state index in [0.29, 0.717) is 36.7 Å². The van der Waals surface area contributed by atoms with Gasteiger partial charge in [0, 0.05) is 11.1 Å². The van der Waals surface area contributed by atoms with E-state index in [9.17, 15) is 9.59 Å². The molecule has 0 heterocycles. The second-order valence-electron chi connectivity index (χ2n) is 8.04. The van der Waals surface area contributed by atoms with Crippen molar-refractivity contribution in [1.82, 2.24) is 0 Å². The standard InChI is InChI=1S/C11H20O2.C9H10.C8H14O2/c1-4-6-7-8-9-13-11(12)10(3)5-2;1-3-9-6-4-8(2)5-7-9;1-6(2)5-10-8(9)7(3)4/h3-9H2,1-2H3;3-7H,1H2,2H3;6H,3,5H2,1-2,4H3. The summed E-state index contributed by atoms with van der Waals surface area (Å²) in [6, 6.07) is 8.28. The second kappa shape index (κ2) is 20.3. The smallest absolute Gasteiger partial charge is 0.333 e. The highest BCUT2D eigenvalue weighted by Gasteiger charge is 2.04. The first kappa shape index (κ1) is 31.6. The van der Waals surface area contributed by atoms with Gasteiger partial charge in [-0.2, -0.15) is 0 Å². The van der Waals surface area contributed by atoms with Crippen molar-refractivity contribution in [3.8, 4) is 0 Å². The van der Waals surface area contributed by atoms with Crippen LogP contribution in [0.2, 0.25) is 0 Å². The van der Waals surface area contributed by atoms with Gasteiger partial charge in [-0.25, -0.2) is 9.59 Å². The van der Waals surface area contributed by atoms with Crippen LogP contribution >= 0.6 is 0 Å². The van der Waals surface area contributed by atoms with Gasteiger partial charge in [-0.3, -0.25) is 0 Å². The molecule has 0 amide bonds. The molecule has 0 unspecified atom stereocenters. The molecule has 0 aliphatic carbocycles. The van der Waals surface area contributed by atoms with E-state index < -0.39 is 0 Å². The molecule has 0 aliphatic rings. The lowest BCUT2D eigenvalue weighted by atomic mass is 10.2. The van der Waals surface area contributed by atoms with Crippen LogP contribution in [0.15, 0.2) is 55.1 Å². The van der Waals surface area contributed by atoms with Crippen molar-refractivity contribution in [3.63, 3.8) is 0 Å². The van der Waals surface area contributed by atoms with Crippen LogP contribution in [0.1, 0.15) is 77.8 Å². The Bertz CT molecular complexity index is 684. The third-order valence-corrected chi connectivity index (χ3v) is 4.16. The molecule has 0 saturated heterocycles. The Labute approximate surface area is 196 Å². The first-order valence-electron chi connectivity index (χ1n) is 11.4. The van der Waals surface area contributed by atoms with Crippen molar-refractivity contribution in [2.75, 3.05) is 13.2 Å². The lowest BCUT2D eigenvalue weighted by molar-refractivity contribution is -0.140. The van der Waals surface area contributed by atoms with E-state index in [0.717, 1.165) is 12.8 Å². The van der Waals surface area contributed by atoms with E-state index in [2.05, 4.69) is 57.8 Å². The zero-order valence-electron chi connectivity index (χ0n) is 21.2. The van der Waals surface area contributed by atoms with Crippen LogP contribution in [0.5, 0.6) is 0 Å². The molecule has 4 heteroatoms. The number of benzene rings is 1. The highest BCUT2D eigenvalue weighted by molar-refractivity contribution is 5.87. The Morgan fingerprint density at radius 2 is 1.56 bits per heavy atom. The molecule has 0 aliphatic heterocycles. The van der Waals surface area contributed by atoms with E-state index in [-0.39, 0.29) is 11.9 Å². The average molecular weight is 445 g/mol. The van der Waals surface area contributed by atoms with Crippen LogP contribution in [-0.2, 0) is 19.1 Å². The third kappa shape index (κ3) is 19.3. The van der Waals surface area contributed by atoms with Gasteiger partial charge in [0.1, 0.15) is 0 Å². The van der Waals surface area contributed by atoms with Crippen molar-refractivity contribution in [3.05, 3.63) is 66.3 Å². The van der Waals surface area contributed by atoms with E-state index in [4.69, 9.17) is 9.47 Å². The summed E-state index contributed by atoms with van der Waals surface area (Å²) in [5.74, 6) is -0.143. The summed E-state index contributed by atoms with van der Waals surface area (Å²) in [4.78, 5) is 21.8. The van der Waals surface area contributed by atoms with Crippen LogP contribution in [0.25, 0.3) is 6.08 Å². The van der Waals surface area contributed by atoms with Crippen LogP contribution in [-0.4, -0.2) is 25.2 Å². The number of carbonyl (C=O) groups is 2. The minimum Gasteiger partial charge on any atom is -0.462 e. The molecule has 0 saturated carbocycles. The predicted molar refractivity (Wildman–Crippen MR) is 136 cm³/mol. The molecule has 0 N–H and O–H groups in total. The summed E-state index contributed by atoms with van der Waals surface area (Å²) in [5.41, 5.74) is 3.50. The third-order valence-electron chi connectivity index (χ3n) is 4.16. The van der Waals surface area contributed by atoms with Crippen LogP contribution in [0, 0.1) is 12.8 Å². The molecule has 4 nitrogen and oxygen atoms in total. The van der Waals surface area contributed by atoms with Crippen LogP contribution in [0.4, 0.5) is 0 Å². The van der Waals surface area contributed by atoms with E-state index in [1.807, 2.05) is 26.8 Å². The molecule has 0 bridgehead atoms. The van der Waals surface area contributed by atoms with Gasteiger partial charge in [-0.1, -0.05) is 103 Å². The fourth-order valence-electron chi connectivity index (χ4n) is 2.01. The van der Waals surface area contributed by atoms with Gasteiger partial charge >= 0.3 is 11.9 Å². The summed E-state index contributed by atoms with van der Waals surface area (Å²) in [7, 11) is 0. The highest BCUT2D eigenvalue weighted by atomic mass is 16.5. The zero-order chi connectivity index (χ0) is 24.9. The van der Waals surface area contributed by atoms with Gasteiger partial charge in [0.05, 0.1) is 13.2 Å². The summed E-state index contributed by atoms with van der Waals surface area (Å²) in [6.45, 7) is 23.5. The number of unbranched alkanes of at least 4 members (excludes halogenated alkanes) is 3. The van der Waals surface area contributed by atoms with Gasteiger partial charge in [0.25, 0.3) is 0 Å². The SMILES string of the molecule is C=C(C)C(=O)OCC(C)C.C=C(CC)C(=O)OCCCCCC.C=Cc1ccc(C)cc1. The minimum absolute atomic E-state index is 0.237. The largest absolute Gasteiger partial charge is 0.462 e. The van der Waals surface area contributed by atoms with Crippen molar-refractivity contribution in [1.29, 1.82) is 0 Å². The predicted octanol–water partition coefficient (Wildman–Crippen LogP) is 7.48. The van der Waals surface area contributed by atoms with Gasteiger partial charge < -0.3 is 9.47 Å². The van der Waals surface area contributed by atoms with Crippen molar-refractivity contribution >= 4 is 18.0 Å². The molecule has 32 heavy (non-hydrogen) atoms. The maximum Gasteiger partial charge on any atom is 0.333 e. The van der Waals surface area contributed by atoms with Gasteiger partial charge in [0.15, 0.2) is 0 Å². The molecule has 0 fully saturated rings. The number of hydrogen-bond donors (Lipinski definition) is 0. The Kier molecular flexibility index (Phi) is 20.0. The monoisotopic (exact) mass is 444 g/mol. The molecular formula is C28H44O4. The van der Waals surface area contributed by atoms with Gasteiger partial charge in [-0.15, -0.1) is 0 Å². The second-order valence-corrected chi connectivity index (χ2v) is 8.04. The molecule has 1 aromatic carbocycles. The number of ether oxygens (including phenoxy) is 2. The Hall–Kier alpha value is -2.62. The van der Waals surface area contributed by atoms with Gasteiger partial charge in [-0.05, 0) is 38.2 Å². The topological polar surface area (TPSA) is 52.6 Å². The molecule has 0 radical (unpaired) electrons. The lowest BCUT2D eigenvalue weighted by Crippen LogP contribution is -2.09. The number of esters is 2. The molecule has 0 atom stereocenters. The molecule has 1 aromatic rings. The summed E-state index contributed by atoms with van der Waals surface area (Å²) >= 11 is 0. The minimum atomic E-state index is -0.297. The first-order valence-corrected chi connectivity index (χ1v) is 11.4. The van der Waals surface area contributed by atoms with E-state index >= 15 is 0 Å². The maximum absolute atomic E-state index is 11.1. The molecule has 1 rings (SSSR count). The highest BCUT2D eigenvalue weighted by Crippen LogP contribution is 2.04. The number of hydrogen-bond acceptors (Lipinski definition) is 4. The fourth-order valence-corrected chi connectivity index (χ4v) is 2.01.